The minimum atomic E-state index is -3.23. The first kappa shape index (κ1) is 22.9. The lowest BCUT2D eigenvalue weighted by Crippen LogP contribution is -2.30. The van der Waals surface area contributed by atoms with Gasteiger partial charge in [-0.3, -0.25) is 9.10 Å². The Hall–Kier alpha value is -1.41. The second kappa shape index (κ2) is 8.95. The van der Waals surface area contributed by atoms with Crippen molar-refractivity contribution in [1.29, 1.82) is 0 Å². The number of nitrogens with zero attached hydrogens (tertiary/aromatic N) is 1. The molecular weight excluding hydrogens is 398 g/mol. The maximum Gasteiger partial charge on any atom is 0.235 e. The molecule has 0 aromatic heterocycles. The van der Waals surface area contributed by atoms with E-state index in [-0.39, 0.29) is 23.7 Å². The molecule has 0 atom stereocenters. The monoisotopic (exact) mass is 429 g/mol. The molecule has 8 heteroatoms. The van der Waals surface area contributed by atoms with Gasteiger partial charge >= 0.3 is 0 Å². The van der Waals surface area contributed by atoms with Gasteiger partial charge in [-0.25, -0.2) is 16.8 Å². The van der Waals surface area contributed by atoms with Crippen LogP contribution in [0.4, 0.5) is 5.69 Å². The number of carbonyl (C=O) groups is 1. The summed E-state index contributed by atoms with van der Waals surface area (Å²) in [4.78, 5) is 12.2. The molecule has 6 nitrogen and oxygen atoms in total. The van der Waals surface area contributed by atoms with E-state index in [9.17, 15) is 21.6 Å². The maximum atomic E-state index is 12.2. The fourth-order valence-electron chi connectivity index (χ4n) is 3.16. The molecule has 1 saturated heterocycles. The van der Waals surface area contributed by atoms with Crippen molar-refractivity contribution in [3.05, 3.63) is 29.8 Å². The molecule has 0 amide bonds. The molecule has 0 aliphatic carbocycles. The van der Waals surface area contributed by atoms with Gasteiger partial charge in [-0.05, 0) is 57.7 Å². The van der Waals surface area contributed by atoms with E-state index in [0.717, 1.165) is 5.56 Å². The van der Waals surface area contributed by atoms with Crippen molar-refractivity contribution in [3.63, 3.8) is 0 Å². The van der Waals surface area contributed by atoms with E-state index < -0.39 is 24.6 Å². The number of anilines is 1. The molecule has 0 radical (unpaired) electrons. The number of benzene rings is 1. The van der Waals surface area contributed by atoms with E-state index in [0.29, 0.717) is 44.3 Å². The van der Waals surface area contributed by atoms with Crippen LogP contribution in [-0.2, 0) is 31.1 Å². The molecule has 158 valence electrons. The quantitative estimate of drug-likeness (QED) is 0.563. The highest BCUT2D eigenvalue weighted by Gasteiger charge is 2.29. The molecule has 0 spiro atoms. The Kier molecular flexibility index (Phi) is 7.31. The van der Waals surface area contributed by atoms with Gasteiger partial charge in [-0.15, -0.1) is 0 Å². The number of rotatable bonds is 9. The Morgan fingerprint density at radius 1 is 1.14 bits per heavy atom. The largest absolute Gasteiger partial charge is 0.299 e. The summed E-state index contributed by atoms with van der Waals surface area (Å²) in [5, 5.41) is 0. The Balaban J connectivity index is 1.80. The highest BCUT2D eigenvalue weighted by atomic mass is 32.2. The SMILES string of the molecule is CC(C)(C)S(=O)(=O)CCCCCC(=O)Cc1cccc(N2CCCS2(=O)=O)c1. The summed E-state index contributed by atoms with van der Waals surface area (Å²) in [6.07, 6.45) is 3.22. The number of unbranched alkanes of at least 4 members (excludes halogenated alkanes) is 2. The van der Waals surface area contributed by atoms with Crippen LogP contribution < -0.4 is 4.31 Å². The van der Waals surface area contributed by atoms with Gasteiger partial charge in [-0.1, -0.05) is 18.6 Å². The topological polar surface area (TPSA) is 88.6 Å². The molecule has 28 heavy (non-hydrogen) atoms. The molecule has 0 bridgehead atoms. The predicted octanol–water partition coefficient (Wildman–Crippen LogP) is 3.11. The molecule has 1 fully saturated rings. The summed E-state index contributed by atoms with van der Waals surface area (Å²) in [6.45, 7) is 5.59. The molecule has 1 aliphatic rings. The van der Waals surface area contributed by atoms with E-state index in [1.54, 1.807) is 39.0 Å². The van der Waals surface area contributed by atoms with Gasteiger partial charge in [0.25, 0.3) is 0 Å². The maximum absolute atomic E-state index is 12.2. The van der Waals surface area contributed by atoms with Crippen LogP contribution in [0, 0.1) is 0 Å². The summed E-state index contributed by atoms with van der Waals surface area (Å²) in [5.74, 6) is 0.401. The summed E-state index contributed by atoms with van der Waals surface area (Å²) in [7, 11) is -6.34. The molecule has 0 unspecified atom stereocenters. The molecular formula is C20H31NO5S2. The van der Waals surface area contributed by atoms with Gasteiger partial charge in [0.1, 0.15) is 5.78 Å². The Morgan fingerprint density at radius 2 is 1.86 bits per heavy atom. The summed E-state index contributed by atoms with van der Waals surface area (Å²) >= 11 is 0. The predicted molar refractivity (Wildman–Crippen MR) is 113 cm³/mol. The first-order chi connectivity index (χ1) is 12.9. The number of sulfonamides is 1. The minimum Gasteiger partial charge on any atom is -0.299 e. The minimum absolute atomic E-state index is 0.0834. The fourth-order valence-corrected chi connectivity index (χ4v) is 5.92. The molecule has 1 heterocycles. The molecule has 1 aromatic carbocycles. The van der Waals surface area contributed by atoms with Crippen molar-refractivity contribution in [3.8, 4) is 0 Å². The number of sulfone groups is 1. The number of hydrogen-bond donors (Lipinski definition) is 0. The Morgan fingerprint density at radius 3 is 2.46 bits per heavy atom. The number of carbonyl (C=O) groups excluding carboxylic acids is 1. The zero-order chi connectivity index (χ0) is 21.0. The van der Waals surface area contributed by atoms with E-state index >= 15 is 0 Å². The number of ketones is 1. The number of Topliss-reactive ketones (excluding diaryl/α,β-unsaturated/α-hetero) is 1. The van der Waals surface area contributed by atoms with Gasteiger partial charge in [0.15, 0.2) is 9.84 Å². The van der Waals surface area contributed by atoms with Crippen LogP contribution in [0.25, 0.3) is 0 Å². The first-order valence-electron chi connectivity index (χ1n) is 9.76. The van der Waals surface area contributed by atoms with Crippen LogP contribution >= 0.6 is 0 Å². The summed E-state index contributed by atoms with van der Waals surface area (Å²) < 4.78 is 48.9. The van der Waals surface area contributed by atoms with Crippen LogP contribution in [-0.4, -0.2) is 45.4 Å². The molecule has 1 aliphatic heterocycles. The van der Waals surface area contributed by atoms with Crippen molar-refractivity contribution >= 4 is 31.3 Å². The van der Waals surface area contributed by atoms with Crippen molar-refractivity contribution in [2.75, 3.05) is 22.4 Å². The third-order valence-corrected chi connectivity index (χ3v) is 9.56. The molecule has 1 aromatic rings. The van der Waals surface area contributed by atoms with Crippen LogP contribution in [0.5, 0.6) is 0 Å². The van der Waals surface area contributed by atoms with E-state index in [1.165, 1.54) is 4.31 Å². The second-order valence-corrected chi connectivity index (χ2v) is 13.2. The zero-order valence-corrected chi connectivity index (χ0v) is 18.6. The van der Waals surface area contributed by atoms with E-state index in [4.69, 9.17) is 0 Å². The third-order valence-electron chi connectivity index (χ3n) is 5.00. The van der Waals surface area contributed by atoms with E-state index in [2.05, 4.69) is 0 Å². The second-order valence-electron chi connectivity index (χ2n) is 8.37. The van der Waals surface area contributed by atoms with Crippen molar-refractivity contribution in [2.24, 2.45) is 0 Å². The number of hydrogen-bond acceptors (Lipinski definition) is 5. The van der Waals surface area contributed by atoms with Crippen molar-refractivity contribution in [2.45, 2.75) is 64.0 Å². The standard InChI is InChI=1S/C20H31NO5S2/c1-20(2,3)27(23,24)13-6-4-5-11-19(22)16-17-9-7-10-18(15-17)21-12-8-14-28(21,25)26/h7,9-10,15H,4-6,8,11-14,16H2,1-3H3. The zero-order valence-electron chi connectivity index (χ0n) is 17.0. The van der Waals surface area contributed by atoms with Crippen LogP contribution in [0.3, 0.4) is 0 Å². The van der Waals surface area contributed by atoms with Crippen LogP contribution in [0.2, 0.25) is 0 Å². The molecule has 2 rings (SSSR count). The normalized spacial score (nSPS) is 17.0. The summed E-state index contributed by atoms with van der Waals surface area (Å²) in [5.41, 5.74) is 1.43. The van der Waals surface area contributed by atoms with Crippen molar-refractivity contribution < 1.29 is 21.6 Å². The smallest absolute Gasteiger partial charge is 0.235 e. The van der Waals surface area contributed by atoms with Gasteiger partial charge in [-0.2, -0.15) is 0 Å². The molecule has 0 saturated carbocycles. The highest BCUT2D eigenvalue weighted by molar-refractivity contribution is 7.93. The summed E-state index contributed by atoms with van der Waals surface area (Å²) in [6, 6.07) is 7.15. The lowest BCUT2D eigenvalue weighted by Gasteiger charge is -2.18. The lowest BCUT2D eigenvalue weighted by atomic mass is 10.0. The van der Waals surface area contributed by atoms with Gasteiger partial charge in [0, 0.05) is 19.4 Å². The van der Waals surface area contributed by atoms with Gasteiger partial charge in [0.2, 0.25) is 10.0 Å². The van der Waals surface area contributed by atoms with Crippen LogP contribution in [0.1, 0.15) is 58.4 Å². The molecule has 0 N–H and O–H groups in total. The Labute approximate surface area is 169 Å². The average Bonchev–Trinajstić information content (AvgIpc) is 2.93. The average molecular weight is 430 g/mol. The van der Waals surface area contributed by atoms with Crippen molar-refractivity contribution in [1.82, 2.24) is 0 Å². The van der Waals surface area contributed by atoms with Gasteiger partial charge < -0.3 is 0 Å². The lowest BCUT2D eigenvalue weighted by molar-refractivity contribution is -0.118. The Bertz CT molecular complexity index is 899. The first-order valence-corrected chi connectivity index (χ1v) is 13.0. The van der Waals surface area contributed by atoms with Crippen LogP contribution in [0.15, 0.2) is 24.3 Å². The highest BCUT2D eigenvalue weighted by Crippen LogP contribution is 2.25. The van der Waals surface area contributed by atoms with Gasteiger partial charge in [0.05, 0.1) is 21.9 Å². The fraction of sp³-hybridized carbons (Fsp3) is 0.650. The third kappa shape index (κ3) is 6.04. The van der Waals surface area contributed by atoms with E-state index in [1.807, 2.05) is 6.07 Å².